The molecule has 0 aliphatic heterocycles. The molecule has 6 nitrogen and oxygen atoms in total. The van der Waals surface area contributed by atoms with Gasteiger partial charge in [-0.2, -0.15) is 0 Å². The zero-order valence-electron chi connectivity index (χ0n) is 34.1. The van der Waals surface area contributed by atoms with Crippen molar-refractivity contribution in [3.8, 4) is 0 Å². The van der Waals surface area contributed by atoms with Gasteiger partial charge in [-0.15, -0.1) is 0 Å². The molecule has 0 heterocycles. The van der Waals surface area contributed by atoms with Crippen molar-refractivity contribution in [2.45, 2.75) is 251 Å². The smallest absolute Gasteiger partial charge is 0.305 e. The van der Waals surface area contributed by atoms with Crippen LogP contribution in [0.4, 0.5) is 0 Å². The molecule has 6 heteroatoms. The minimum absolute atomic E-state index is 0.0341. The molecule has 51 heavy (non-hydrogen) atoms. The first-order chi connectivity index (χ1) is 25.0. The fourth-order valence-electron chi connectivity index (χ4n) is 6.82. The van der Waals surface area contributed by atoms with E-state index >= 15 is 0 Å². The molecule has 3 N–H and O–H groups in total. The molecule has 0 saturated heterocycles. The van der Waals surface area contributed by atoms with Crippen molar-refractivity contribution >= 4 is 11.9 Å². The van der Waals surface area contributed by atoms with E-state index in [0.29, 0.717) is 25.9 Å². The van der Waals surface area contributed by atoms with Crippen LogP contribution in [0.15, 0.2) is 12.2 Å². The fourth-order valence-corrected chi connectivity index (χ4v) is 6.82. The number of esters is 1. The zero-order chi connectivity index (χ0) is 37.3. The van der Waals surface area contributed by atoms with E-state index in [1.54, 1.807) is 0 Å². The summed E-state index contributed by atoms with van der Waals surface area (Å²) in [5.41, 5.74) is 0. The Kier molecular flexibility index (Phi) is 40.2. The van der Waals surface area contributed by atoms with Crippen LogP contribution in [-0.4, -0.2) is 47.4 Å². The van der Waals surface area contributed by atoms with Gasteiger partial charge in [0.1, 0.15) is 0 Å². The van der Waals surface area contributed by atoms with Crippen molar-refractivity contribution in [3.63, 3.8) is 0 Å². The molecular weight excluding hydrogens is 634 g/mol. The quantitative estimate of drug-likeness (QED) is 0.0332. The molecule has 1 amide bonds. The topological polar surface area (TPSA) is 95.9 Å². The molecule has 302 valence electrons. The lowest BCUT2D eigenvalue weighted by molar-refractivity contribution is -0.143. The Morgan fingerprint density at radius 2 is 0.941 bits per heavy atom. The summed E-state index contributed by atoms with van der Waals surface area (Å²) in [5.74, 6) is -0.131. The number of hydrogen-bond donors (Lipinski definition) is 3. The largest absolute Gasteiger partial charge is 0.466 e. The Bertz CT molecular complexity index is 757. The number of carbonyl (C=O) groups is 2. The monoisotopic (exact) mass is 722 g/mol. The van der Waals surface area contributed by atoms with Gasteiger partial charge >= 0.3 is 5.97 Å². The zero-order valence-corrected chi connectivity index (χ0v) is 34.1. The van der Waals surface area contributed by atoms with Crippen LogP contribution in [0.5, 0.6) is 0 Å². The van der Waals surface area contributed by atoms with Crippen LogP contribution in [-0.2, 0) is 14.3 Å². The molecule has 0 aliphatic rings. The van der Waals surface area contributed by atoms with Gasteiger partial charge in [0.2, 0.25) is 5.91 Å². The third kappa shape index (κ3) is 38.1. The number of aliphatic hydroxyl groups excluding tert-OH is 2. The normalized spacial score (nSPS) is 12.8. The van der Waals surface area contributed by atoms with E-state index in [4.69, 9.17) is 4.74 Å². The molecule has 0 radical (unpaired) electrons. The van der Waals surface area contributed by atoms with E-state index in [-0.39, 0.29) is 18.5 Å². The summed E-state index contributed by atoms with van der Waals surface area (Å²) < 4.78 is 5.43. The van der Waals surface area contributed by atoms with Crippen LogP contribution in [0.3, 0.4) is 0 Å². The molecule has 0 saturated carbocycles. The van der Waals surface area contributed by atoms with Crippen molar-refractivity contribution in [1.82, 2.24) is 5.32 Å². The van der Waals surface area contributed by atoms with Crippen LogP contribution in [0.25, 0.3) is 0 Å². The Balaban J connectivity index is 3.53. The predicted octanol–water partition coefficient (Wildman–Crippen LogP) is 12.6. The third-order valence-electron chi connectivity index (χ3n) is 10.3. The number of amides is 1. The first-order valence-electron chi connectivity index (χ1n) is 22.4. The van der Waals surface area contributed by atoms with E-state index < -0.39 is 12.1 Å². The van der Waals surface area contributed by atoms with Gasteiger partial charge in [-0.05, 0) is 44.9 Å². The van der Waals surface area contributed by atoms with Gasteiger partial charge in [0.05, 0.1) is 25.4 Å². The average Bonchev–Trinajstić information content (AvgIpc) is 3.13. The lowest BCUT2D eigenvalue weighted by Crippen LogP contribution is -2.45. The van der Waals surface area contributed by atoms with Crippen molar-refractivity contribution in [2.75, 3.05) is 13.2 Å². The summed E-state index contributed by atoms with van der Waals surface area (Å²) in [4.78, 5) is 24.3. The number of rotatable bonds is 41. The Morgan fingerprint density at radius 1 is 0.529 bits per heavy atom. The Labute approximate surface area is 317 Å². The van der Waals surface area contributed by atoms with E-state index in [1.807, 2.05) is 0 Å². The second kappa shape index (κ2) is 41.4. The highest BCUT2D eigenvalue weighted by molar-refractivity contribution is 5.76. The number of unbranched alkanes of at least 4 members (excludes halogenated alkanes) is 28. The first kappa shape index (κ1) is 49.6. The lowest BCUT2D eigenvalue weighted by atomic mass is 10.0. The van der Waals surface area contributed by atoms with Gasteiger partial charge in [0, 0.05) is 12.8 Å². The summed E-state index contributed by atoms with van der Waals surface area (Å²) in [7, 11) is 0. The van der Waals surface area contributed by atoms with Crippen LogP contribution in [0.1, 0.15) is 239 Å². The van der Waals surface area contributed by atoms with Crippen molar-refractivity contribution in [1.29, 1.82) is 0 Å². The second-order valence-corrected chi connectivity index (χ2v) is 15.4. The number of carbonyl (C=O) groups excluding carboxylic acids is 2. The van der Waals surface area contributed by atoms with Crippen molar-refractivity contribution in [2.24, 2.45) is 0 Å². The average molecular weight is 722 g/mol. The molecule has 0 rings (SSSR count). The molecule has 0 bridgehead atoms. The molecule has 2 atom stereocenters. The third-order valence-corrected chi connectivity index (χ3v) is 10.3. The molecular formula is C45H87NO5. The van der Waals surface area contributed by atoms with Gasteiger partial charge in [-0.3, -0.25) is 9.59 Å². The predicted molar refractivity (Wildman–Crippen MR) is 218 cm³/mol. The minimum atomic E-state index is -0.691. The van der Waals surface area contributed by atoms with E-state index in [9.17, 15) is 19.8 Å². The second-order valence-electron chi connectivity index (χ2n) is 15.4. The number of aliphatic hydroxyl groups is 2. The Hall–Kier alpha value is -1.40. The Morgan fingerprint density at radius 3 is 1.43 bits per heavy atom. The fraction of sp³-hybridized carbons (Fsp3) is 0.911. The van der Waals surface area contributed by atoms with Crippen LogP contribution < -0.4 is 5.32 Å². The number of ether oxygens (including phenoxy) is 1. The number of nitrogens with one attached hydrogen (secondary N) is 1. The number of allylic oxidation sites excluding steroid dienone is 2. The summed E-state index contributed by atoms with van der Waals surface area (Å²) in [6, 6.07) is -0.575. The molecule has 0 aromatic heterocycles. The van der Waals surface area contributed by atoms with Crippen molar-refractivity contribution in [3.05, 3.63) is 12.2 Å². The highest BCUT2D eigenvalue weighted by Crippen LogP contribution is 2.15. The van der Waals surface area contributed by atoms with E-state index in [2.05, 4.69) is 31.3 Å². The molecule has 0 aromatic carbocycles. The molecule has 0 spiro atoms. The maximum Gasteiger partial charge on any atom is 0.305 e. The standard InChI is InChI=1S/C45H87NO5/c1-3-5-7-9-11-13-15-16-17-19-23-27-31-35-39-45(50)51-40-36-32-28-24-20-22-26-30-34-38-44(49)46-42(41-47)43(48)37-33-29-25-21-18-14-12-10-8-6-4-2/h22,26,42-43,47-48H,3-21,23-25,27-41H2,1-2H3,(H,46,49)/b26-22-. The summed E-state index contributed by atoms with van der Waals surface area (Å²) in [5, 5.41) is 23.0. The first-order valence-corrected chi connectivity index (χ1v) is 22.4. The van der Waals surface area contributed by atoms with Gasteiger partial charge in [-0.1, -0.05) is 193 Å². The maximum atomic E-state index is 12.4. The van der Waals surface area contributed by atoms with Gasteiger partial charge in [0.15, 0.2) is 0 Å². The molecule has 2 unspecified atom stereocenters. The maximum absolute atomic E-state index is 12.4. The van der Waals surface area contributed by atoms with E-state index in [0.717, 1.165) is 70.6 Å². The highest BCUT2D eigenvalue weighted by Gasteiger charge is 2.19. The van der Waals surface area contributed by atoms with Crippen LogP contribution in [0, 0.1) is 0 Å². The van der Waals surface area contributed by atoms with Gasteiger partial charge < -0.3 is 20.3 Å². The summed E-state index contributed by atoms with van der Waals surface area (Å²) >= 11 is 0. The molecule has 0 aromatic rings. The summed E-state index contributed by atoms with van der Waals surface area (Å²) in [6.45, 7) is 4.84. The lowest BCUT2D eigenvalue weighted by Gasteiger charge is -2.22. The minimum Gasteiger partial charge on any atom is -0.466 e. The SMILES string of the molecule is CCCCCCCCCCCCCCCCC(=O)OCCCCCC/C=C\CCCC(=O)NC(CO)C(O)CCCCCCCCCCCCC. The van der Waals surface area contributed by atoms with Gasteiger partial charge in [0.25, 0.3) is 0 Å². The van der Waals surface area contributed by atoms with E-state index in [1.165, 1.54) is 135 Å². The molecule has 0 aliphatic carbocycles. The molecule has 0 fully saturated rings. The van der Waals surface area contributed by atoms with Crippen LogP contribution >= 0.6 is 0 Å². The van der Waals surface area contributed by atoms with Crippen molar-refractivity contribution < 1.29 is 24.5 Å². The van der Waals surface area contributed by atoms with Crippen LogP contribution in [0.2, 0.25) is 0 Å². The number of hydrogen-bond acceptors (Lipinski definition) is 5. The summed E-state index contributed by atoms with van der Waals surface area (Å²) in [6.07, 6.45) is 44.6. The highest BCUT2D eigenvalue weighted by atomic mass is 16.5. The van der Waals surface area contributed by atoms with Gasteiger partial charge in [-0.25, -0.2) is 0 Å².